The maximum atomic E-state index is 10.4. The predicted octanol–water partition coefficient (Wildman–Crippen LogP) is 3.41. The highest BCUT2D eigenvalue weighted by molar-refractivity contribution is 5.31. The Hall–Kier alpha value is -0.600. The van der Waals surface area contributed by atoms with Crippen LogP contribution in [0.25, 0.3) is 0 Å². The van der Waals surface area contributed by atoms with E-state index in [0.29, 0.717) is 23.2 Å². The molecule has 4 rings (SSSR count). The molecular weight excluding hydrogens is 258 g/mol. The average molecular weight is 287 g/mol. The van der Waals surface area contributed by atoms with Crippen LogP contribution in [0.5, 0.6) is 0 Å². The molecule has 4 aliphatic rings. The van der Waals surface area contributed by atoms with E-state index in [2.05, 4.69) is 32.1 Å². The average Bonchev–Trinajstić information content (AvgIpc) is 2.76. The van der Waals surface area contributed by atoms with Crippen LogP contribution in [0.15, 0.2) is 23.8 Å². The maximum absolute atomic E-state index is 10.4. The Labute approximate surface area is 128 Å². The molecule has 0 aromatic rings. The highest BCUT2D eigenvalue weighted by Crippen LogP contribution is 2.63. The third-order valence-electron chi connectivity index (χ3n) is 7.59. The second-order valence-corrected chi connectivity index (χ2v) is 8.50. The van der Waals surface area contributed by atoms with Crippen LogP contribution in [0.1, 0.15) is 52.4 Å². The molecule has 0 saturated heterocycles. The Morgan fingerprint density at radius 1 is 1.19 bits per heavy atom. The van der Waals surface area contributed by atoms with E-state index in [0.717, 1.165) is 12.8 Å². The molecule has 0 amide bonds. The van der Waals surface area contributed by atoms with Crippen molar-refractivity contribution >= 4 is 0 Å². The van der Waals surface area contributed by atoms with Gasteiger partial charge in [0.2, 0.25) is 0 Å². The van der Waals surface area contributed by atoms with Gasteiger partial charge in [-0.05, 0) is 61.7 Å². The first-order valence-corrected chi connectivity index (χ1v) is 8.78. The van der Waals surface area contributed by atoms with Crippen LogP contribution in [-0.2, 0) is 0 Å². The Morgan fingerprint density at radius 3 is 2.81 bits per heavy atom. The number of aliphatic hydroxyl groups excluding tert-OH is 1. The summed E-state index contributed by atoms with van der Waals surface area (Å²) in [6.45, 7) is 4.79. The highest BCUT2D eigenvalue weighted by atomic mass is 16.3. The first kappa shape index (κ1) is 14.0. The van der Waals surface area contributed by atoms with Gasteiger partial charge in [0.05, 0.1) is 6.10 Å². The molecule has 0 aromatic carbocycles. The van der Waals surface area contributed by atoms with Crippen molar-refractivity contribution in [1.82, 2.24) is 0 Å². The minimum Gasteiger partial charge on any atom is -0.393 e. The van der Waals surface area contributed by atoms with E-state index in [1.165, 1.54) is 25.7 Å². The number of nitrogens with two attached hydrogens (primary N) is 1. The summed E-state index contributed by atoms with van der Waals surface area (Å²) in [4.78, 5) is 0. The van der Waals surface area contributed by atoms with Gasteiger partial charge in [-0.3, -0.25) is 0 Å². The summed E-state index contributed by atoms with van der Waals surface area (Å²) in [7, 11) is 0. The molecular formula is C19H29NO. The molecule has 2 fully saturated rings. The second-order valence-electron chi connectivity index (χ2n) is 8.50. The predicted molar refractivity (Wildman–Crippen MR) is 85.6 cm³/mol. The summed E-state index contributed by atoms with van der Waals surface area (Å²) >= 11 is 0. The van der Waals surface area contributed by atoms with Gasteiger partial charge in [0.25, 0.3) is 0 Å². The smallest absolute Gasteiger partial charge is 0.0599 e. The molecule has 1 unspecified atom stereocenters. The van der Waals surface area contributed by atoms with Crippen molar-refractivity contribution < 1.29 is 5.11 Å². The largest absolute Gasteiger partial charge is 0.393 e. The zero-order chi connectivity index (χ0) is 14.8. The summed E-state index contributed by atoms with van der Waals surface area (Å²) in [6.07, 6.45) is 14.1. The molecule has 21 heavy (non-hydrogen) atoms. The zero-order valence-electron chi connectivity index (χ0n) is 13.4. The van der Waals surface area contributed by atoms with Gasteiger partial charge in [0, 0.05) is 11.5 Å². The summed E-state index contributed by atoms with van der Waals surface area (Å²) in [5.74, 6) is 2.01. The SMILES string of the molecule is C[C@]12CC[C@H]3C(=CCC4C[C@@H](N)C=C[C@@]43C)[C@@H]1CC[C@@H]2O. The van der Waals surface area contributed by atoms with Crippen LogP contribution in [0, 0.1) is 28.6 Å². The normalized spacial score (nSPS) is 55.4. The lowest BCUT2D eigenvalue weighted by molar-refractivity contribution is -0.00226. The van der Waals surface area contributed by atoms with Crippen molar-refractivity contribution in [3.63, 3.8) is 0 Å². The summed E-state index contributed by atoms with van der Waals surface area (Å²) in [5.41, 5.74) is 8.27. The van der Waals surface area contributed by atoms with Crippen LogP contribution in [0.2, 0.25) is 0 Å². The minimum absolute atomic E-state index is 0.0924. The van der Waals surface area contributed by atoms with Gasteiger partial charge < -0.3 is 10.8 Å². The van der Waals surface area contributed by atoms with E-state index in [4.69, 9.17) is 5.73 Å². The molecule has 0 radical (unpaired) electrons. The van der Waals surface area contributed by atoms with Gasteiger partial charge in [0.1, 0.15) is 0 Å². The van der Waals surface area contributed by atoms with Crippen LogP contribution in [0.4, 0.5) is 0 Å². The maximum Gasteiger partial charge on any atom is 0.0599 e. The molecule has 7 atom stereocenters. The third kappa shape index (κ3) is 1.78. The molecule has 0 spiro atoms. The lowest BCUT2D eigenvalue weighted by Gasteiger charge is -2.55. The van der Waals surface area contributed by atoms with E-state index in [-0.39, 0.29) is 17.6 Å². The van der Waals surface area contributed by atoms with Gasteiger partial charge >= 0.3 is 0 Å². The topological polar surface area (TPSA) is 46.2 Å². The van der Waals surface area contributed by atoms with Crippen molar-refractivity contribution in [3.8, 4) is 0 Å². The zero-order valence-corrected chi connectivity index (χ0v) is 13.4. The number of hydrogen-bond acceptors (Lipinski definition) is 2. The number of allylic oxidation sites excluding steroid dienone is 3. The van der Waals surface area contributed by atoms with Gasteiger partial charge in [-0.1, -0.05) is 37.6 Å². The van der Waals surface area contributed by atoms with E-state index in [9.17, 15) is 5.11 Å². The van der Waals surface area contributed by atoms with Crippen molar-refractivity contribution in [2.45, 2.75) is 64.5 Å². The first-order chi connectivity index (χ1) is 9.95. The van der Waals surface area contributed by atoms with Crippen LogP contribution in [-0.4, -0.2) is 17.3 Å². The Bertz CT molecular complexity index is 510. The standard InChI is InChI=1S/C19H29NO/c1-18-9-7-13(20)11-12(18)3-4-14-15-5-6-17(21)19(15,2)10-8-16(14)18/h4,7,9,12-13,15-17,21H,3,5-6,8,10-11,20H2,1-2H3/t12?,13-,15-,16-,17-,18-,19-/m0/s1. The molecule has 116 valence electrons. The fourth-order valence-corrected chi connectivity index (χ4v) is 6.08. The number of fused-ring (bicyclic) bond motifs is 5. The van der Waals surface area contributed by atoms with E-state index in [1.807, 2.05) is 0 Å². The van der Waals surface area contributed by atoms with E-state index < -0.39 is 0 Å². The minimum atomic E-state index is -0.0924. The fourth-order valence-electron chi connectivity index (χ4n) is 6.08. The summed E-state index contributed by atoms with van der Waals surface area (Å²) < 4.78 is 0. The molecule has 0 aliphatic heterocycles. The van der Waals surface area contributed by atoms with Crippen molar-refractivity contribution in [3.05, 3.63) is 23.8 Å². The molecule has 2 nitrogen and oxygen atoms in total. The molecule has 4 aliphatic carbocycles. The van der Waals surface area contributed by atoms with Gasteiger partial charge in [-0.25, -0.2) is 0 Å². The Kier molecular flexibility index (Phi) is 2.97. The van der Waals surface area contributed by atoms with Crippen molar-refractivity contribution in [2.24, 2.45) is 34.3 Å². The van der Waals surface area contributed by atoms with Gasteiger partial charge in [0.15, 0.2) is 0 Å². The summed E-state index contributed by atoms with van der Waals surface area (Å²) in [6, 6.07) is 0.250. The van der Waals surface area contributed by atoms with Crippen molar-refractivity contribution in [2.75, 3.05) is 0 Å². The second kappa shape index (κ2) is 4.45. The van der Waals surface area contributed by atoms with Gasteiger partial charge in [-0.15, -0.1) is 0 Å². The van der Waals surface area contributed by atoms with Crippen LogP contribution < -0.4 is 5.73 Å². The number of aliphatic hydroxyl groups is 1. The molecule has 2 saturated carbocycles. The molecule has 2 heteroatoms. The molecule has 0 heterocycles. The van der Waals surface area contributed by atoms with Crippen molar-refractivity contribution in [1.29, 1.82) is 0 Å². The molecule has 3 N–H and O–H groups in total. The number of hydrogen-bond donors (Lipinski definition) is 2. The third-order valence-corrected chi connectivity index (χ3v) is 7.59. The first-order valence-electron chi connectivity index (χ1n) is 8.78. The fraction of sp³-hybridized carbons (Fsp3) is 0.789. The Morgan fingerprint density at radius 2 is 2.00 bits per heavy atom. The lowest BCUT2D eigenvalue weighted by atomic mass is 9.50. The Balaban J connectivity index is 1.72. The van der Waals surface area contributed by atoms with E-state index >= 15 is 0 Å². The monoisotopic (exact) mass is 287 g/mol. The quantitative estimate of drug-likeness (QED) is 0.671. The summed E-state index contributed by atoms with van der Waals surface area (Å²) in [5, 5.41) is 10.4. The molecule has 0 bridgehead atoms. The number of rotatable bonds is 0. The lowest BCUT2D eigenvalue weighted by Crippen LogP contribution is -2.49. The highest BCUT2D eigenvalue weighted by Gasteiger charge is 2.56. The van der Waals surface area contributed by atoms with Crippen LogP contribution in [0.3, 0.4) is 0 Å². The van der Waals surface area contributed by atoms with Gasteiger partial charge in [-0.2, -0.15) is 0 Å². The van der Waals surface area contributed by atoms with Crippen LogP contribution >= 0.6 is 0 Å². The molecule has 0 aromatic heterocycles. The van der Waals surface area contributed by atoms with E-state index in [1.54, 1.807) is 5.57 Å².